The van der Waals surface area contributed by atoms with Crippen molar-refractivity contribution in [3.63, 3.8) is 0 Å². The average molecular weight is 810 g/mol. The zero-order valence-electron chi connectivity index (χ0n) is 34.1. The molecule has 0 spiro atoms. The molecule has 0 rings (SSSR count). The quantitative estimate of drug-likeness (QED) is 0.0153. The monoisotopic (exact) mass is 809 g/mol. The Morgan fingerprint density at radius 3 is 1.68 bits per heavy atom. The molecule has 13 heteroatoms. The van der Waals surface area contributed by atoms with Crippen molar-refractivity contribution < 1.29 is 52.6 Å². The first-order chi connectivity index (χ1) is 27.0. The van der Waals surface area contributed by atoms with Crippen LogP contribution >= 0.6 is 7.82 Å². The van der Waals surface area contributed by atoms with Crippen LogP contribution < -0.4 is 5.73 Å². The number of carboxylic acids is 1. The van der Waals surface area contributed by atoms with Gasteiger partial charge in [-0.05, 0) is 44.9 Å². The van der Waals surface area contributed by atoms with Crippen LogP contribution in [0.2, 0.25) is 0 Å². The highest BCUT2D eigenvalue weighted by molar-refractivity contribution is 7.47. The van der Waals surface area contributed by atoms with E-state index in [0.29, 0.717) is 6.42 Å². The summed E-state index contributed by atoms with van der Waals surface area (Å²) in [5, 5.41) is 19.2. The molecule has 0 heterocycles. The second-order valence-corrected chi connectivity index (χ2v) is 15.0. The standard InChI is InChI=1S/C43H72NO11P/c1-3-5-7-9-11-13-15-17-18-19-20-21-23-25-27-29-31-38(45)33-34-42(47)55-39(36-53-56(50,51)54-37-40(44)43(48)49)35-52-41(46)32-30-28-26-24-22-16-14-12-10-8-6-4-2/h5,7,11,13,17-18,20-21,25,27,29,31,38-40,45H,3-4,6,8-10,12,14-16,19,22-24,26,28,30,32-37,44H2,1-2H3,(H,48,49)(H,50,51)/b7-5-,13-11-,18-17-,21-20-,27-25-,31-29-/t38?,39-,40+/m1/s1. The number of ether oxygens (including phenoxy) is 2. The molecule has 0 radical (unpaired) electrons. The Morgan fingerprint density at radius 1 is 0.643 bits per heavy atom. The van der Waals surface area contributed by atoms with Gasteiger partial charge >= 0.3 is 25.7 Å². The number of aliphatic hydroxyl groups excluding tert-OH is 1. The minimum atomic E-state index is -4.78. The Balaban J connectivity index is 4.66. The summed E-state index contributed by atoms with van der Waals surface area (Å²) in [6.45, 7) is 2.42. The van der Waals surface area contributed by atoms with Crippen LogP contribution in [-0.2, 0) is 37.5 Å². The second kappa shape index (κ2) is 37.5. The number of allylic oxidation sites excluding steroid dienone is 11. The summed E-state index contributed by atoms with van der Waals surface area (Å²) in [4.78, 5) is 45.9. The van der Waals surface area contributed by atoms with E-state index in [4.69, 9.17) is 24.8 Å². The molecule has 0 saturated heterocycles. The molecule has 0 aromatic carbocycles. The van der Waals surface area contributed by atoms with Crippen LogP contribution in [0.5, 0.6) is 0 Å². The van der Waals surface area contributed by atoms with Crippen LogP contribution in [0.4, 0.5) is 0 Å². The van der Waals surface area contributed by atoms with Crippen molar-refractivity contribution in [2.45, 2.75) is 161 Å². The molecular formula is C43H72NO11P. The van der Waals surface area contributed by atoms with Gasteiger partial charge in [-0.15, -0.1) is 0 Å². The van der Waals surface area contributed by atoms with Gasteiger partial charge in [-0.25, -0.2) is 4.57 Å². The van der Waals surface area contributed by atoms with Gasteiger partial charge in [0.05, 0.1) is 19.3 Å². The van der Waals surface area contributed by atoms with Crippen molar-refractivity contribution in [3.8, 4) is 0 Å². The van der Waals surface area contributed by atoms with Crippen LogP contribution in [0.1, 0.15) is 142 Å². The Morgan fingerprint density at radius 2 is 1.14 bits per heavy atom. The maximum atomic E-state index is 12.6. The molecule has 12 nitrogen and oxygen atoms in total. The third-order valence-corrected chi connectivity index (χ3v) is 9.29. The first-order valence-corrected chi connectivity index (χ1v) is 22.1. The number of esters is 2. The number of carboxylic acid groups (broad SMARTS) is 1. The number of aliphatic hydroxyl groups is 1. The van der Waals surface area contributed by atoms with Gasteiger partial charge in [0.25, 0.3) is 0 Å². The van der Waals surface area contributed by atoms with Gasteiger partial charge in [0, 0.05) is 12.8 Å². The number of unbranched alkanes of at least 4 members (excludes halogenated alkanes) is 11. The molecule has 0 aliphatic heterocycles. The van der Waals surface area contributed by atoms with Crippen LogP contribution in [0.25, 0.3) is 0 Å². The van der Waals surface area contributed by atoms with Crippen LogP contribution in [-0.4, -0.2) is 71.1 Å². The van der Waals surface area contributed by atoms with Gasteiger partial charge in [0.15, 0.2) is 6.10 Å². The van der Waals surface area contributed by atoms with E-state index < -0.39 is 63.8 Å². The molecule has 320 valence electrons. The number of rotatable bonds is 37. The van der Waals surface area contributed by atoms with Gasteiger partial charge in [-0.3, -0.25) is 23.4 Å². The molecule has 2 unspecified atom stereocenters. The fourth-order valence-electron chi connectivity index (χ4n) is 5.06. The van der Waals surface area contributed by atoms with E-state index >= 15 is 0 Å². The van der Waals surface area contributed by atoms with Gasteiger partial charge in [0.2, 0.25) is 0 Å². The molecule has 0 aliphatic rings. The van der Waals surface area contributed by atoms with Crippen molar-refractivity contribution in [2.24, 2.45) is 5.73 Å². The molecule has 0 fully saturated rings. The van der Waals surface area contributed by atoms with Crippen LogP contribution in [0.15, 0.2) is 72.9 Å². The molecule has 5 N–H and O–H groups in total. The van der Waals surface area contributed by atoms with E-state index in [-0.39, 0.29) is 19.3 Å². The first kappa shape index (κ1) is 52.9. The third kappa shape index (κ3) is 36.5. The molecule has 4 atom stereocenters. The van der Waals surface area contributed by atoms with E-state index in [1.165, 1.54) is 51.4 Å². The molecule has 0 saturated carbocycles. The number of nitrogens with two attached hydrogens (primary N) is 1. The van der Waals surface area contributed by atoms with Crippen molar-refractivity contribution in [1.82, 2.24) is 0 Å². The lowest BCUT2D eigenvalue weighted by Gasteiger charge is -2.20. The summed E-state index contributed by atoms with van der Waals surface area (Å²) in [6.07, 6.45) is 40.2. The Hall–Kier alpha value is -3.12. The number of hydrogen-bond donors (Lipinski definition) is 4. The lowest BCUT2D eigenvalue weighted by molar-refractivity contribution is -0.161. The highest BCUT2D eigenvalue weighted by Gasteiger charge is 2.28. The highest BCUT2D eigenvalue weighted by atomic mass is 31.2. The Kier molecular flexibility index (Phi) is 35.4. The third-order valence-electron chi connectivity index (χ3n) is 8.34. The van der Waals surface area contributed by atoms with E-state index in [2.05, 4.69) is 67.0 Å². The zero-order chi connectivity index (χ0) is 41.5. The summed E-state index contributed by atoms with van der Waals surface area (Å²) >= 11 is 0. The highest BCUT2D eigenvalue weighted by Crippen LogP contribution is 2.43. The largest absolute Gasteiger partial charge is 0.480 e. The van der Waals surface area contributed by atoms with E-state index in [1.54, 1.807) is 18.2 Å². The maximum Gasteiger partial charge on any atom is 0.472 e. The summed E-state index contributed by atoms with van der Waals surface area (Å²) in [5.74, 6) is -2.70. The van der Waals surface area contributed by atoms with Crippen molar-refractivity contribution in [2.75, 3.05) is 19.8 Å². The number of hydrogen-bond acceptors (Lipinski definition) is 10. The lowest BCUT2D eigenvalue weighted by atomic mass is 10.0. The van der Waals surface area contributed by atoms with Gasteiger partial charge < -0.3 is 30.3 Å². The second-order valence-electron chi connectivity index (χ2n) is 13.6. The number of aliphatic carboxylic acids is 1. The number of phosphoric acid groups is 1. The van der Waals surface area contributed by atoms with Gasteiger partial charge in [-0.2, -0.15) is 0 Å². The molecule has 56 heavy (non-hydrogen) atoms. The van der Waals surface area contributed by atoms with Gasteiger partial charge in [-0.1, -0.05) is 157 Å². The zero-order valence-corrected chi connectivity index (χ0v) is 35.0. The number of carbonyl (C=O) groups excluding carboxylic acids is 2. The summed E-state index contributed by atoms with van der Waals surface area (Å²) in [5.41, 5.74) is 5.31. The molecule has 0 amide bonds. The summed E-state index contributed by atoms with van der Waals surface area (Å²) < 4.78 is 32.4. The van der Waals surface area contributed by atoms with Gasteiger partial charge in [0.1, 0.15) is 12.6 Å². The van der Waals surface area contributed by atoms with Crippen molar-refractivity contribution in [1.29, 1.82) is 0 Å². The molecule has 0 aromatic heterocycles. The minimum Gasteiger partial charge on any atom is -0.480 e. The first-order valence-electron chi connectivity index (χ1n) is 20.6. The van der Waals surface area contributed by atoms with E-state index in [0.717, 1.165) is 51.4 Å². The summed E-state index contributed by atoms with van der Waals surface area (Å²) in [6, 6.07) is -1.56. The SMILES string of the molecule is CC/C=C\C/C=C\C/C=C\C/C=C\C/C=C\C=C/C(O)CCC(=O)O[C@H](COC(=O)CCCCCCCCCCCCCC)COP(=O)(O)OC[C@H](N)C(=O)O. The maximum absolute atomic E-state index is 12.6. The smallest absolute Gasteiger partial charge is 0.472 e. The molecular weight excluding hydrogens is 737 g/mol. The normalized spacial score (nSPS) is 15.1. The average Bonchev–Trinajstić information content (AvgIpc) is 3.17. The predicted octanol–water partition coefficient (Wildman–Crippen LogP) is 9.53. The van der Waals surface area contributed by atoms with Crippen molar-refractivity contribution >= 4 is 25.7 Å². The fourth-order valence-corrected chi connectivity index (χ4v) is 5.83. The predicted molar refractivity (Wildman–Crippen MR) is 223 cm³/mol. The fraction of sp³-hybridized carbons (Fsp3) is 0.651. The molecule has 0 aromatic rings. The topological polar surface area (TPSA) is 192 Å². The Labute approximate surface area is 336 Å². The van der Waals surface area contributed by atoms with Crippen LogP contribution in [0, 0.1) is 0 Å². The molecule has 0 aliphatic carbocycles. The number of phosphoric ester groups is 1. The molecule has 0 bridgehead atoms. The van der Waals surface area contributed by atoms with Crippen molar-refractivity contribution in [3.05, 3.63) is 72.9 Å². The van der Waals surface area contributed by atoms with E-state index in [9.17, 15) is 28.9 Å². The summed E-state index contributed by atoms with van der Waals surface area (Å²) in [7, 11) is -4.78. The van der Waals surface area contributed by atoms with Crippen LogP contribution in [0.3, 0.4) is 0 Å². The lowest BCUT2D eigenvalue weighted by Crippen LogP contribution is -2.34. The number of carbonyl (C=O) groups is 3. The van der Waals surface area contributed by atoms with E-state index in [1.807, 2.05) is 6.08 Å². The Bertz CT molecular complexity index is 1240. The minimum absolute atomic E-state index is 0.0427.